The van der Waals surface area contributed by atoms with Crippen molar-refractivity contribution in [2.75, 3.05) is 11.9 Å². The van der Waals surface area contributed by atoms with Crippen LogP contribution in [-0.2, 0) is 22.0 Å². The van der Waals surface area contributed by atoms with Gasteiger partial charge in [-0.05, 0) is 40.4 Å². The van der Waals surface area contributed by atoms with Crippen molar-refractivity contribution < 1.29 is 59.5 Å². The van der Waals surface area contributed by atoms with Gasteiger partial charge in [0, 0.05) is 34.9 Å². The number of hydrogen-bond acceptors (Lipinski definition) is 11. The minimum absolute atomic E-state index is 0.0605. The number of carbonyl (C=O) groups is 2. The van der Waals surface area contributed by atoms with E-state index < -0.39 is 69.0 Å². The van der Waals surface area contributed by atoms with Gasteiger partial charge in [0.25, 0.3) is 11.6 Å². The fraction of sp³-hybridized carbons (Fsp3) is 0.280. The molecule has 0 unspecified atom stereocenters. The van der Waals surface area contributed by atoms with Gasteiger partial charge in [-0.15, -0.1) is 5.10 Å². The molecule has 1 aromatic carbocycles. The van der Waals surface area contributed by atoms with E-state index in [0.29, 0.717) is 11.8 Å². The number of pyridine rings is 1. The van der Waals surface area contributed by atoms with E-state index in [2.05, 4.69) is 27.1 Å². The quantitative estimate of drug-likeness (QED) is 0.0431. The summed E-state index contributed by atoms with van der Waals surface area (Å²) in [6, 6.07) is 2.37. The van der Waals surface area contributed by atoms with Gasteiger partial charge in [-0.1, -0.05) is 20.4 Å². The lowest BCUT2D eigenvalue weighted by molar-refractivity contribution is -0.384. The number of alkyl halides is 7. The first kappa shape index (κ1) is 38.0. The fourth-order valence-electron chi connectivity index (χ4n) is 3.09. The number of non-ortho nitro benzene ring substituents is 1. The third-order valence-electron chi connectivity index (χ3n) is 5.26. The van der Waals surface area contributed by atoms with Gasteiger partial charge in [-0.3, -0.25) is 14.9 Å². The highest BCUT2D eigenvalue weighted by Crippen LogP contribution is 2.51. The summed E-state index contributed by atoms with van der Waals surface area (Å²) in [4.78, 5) is 37.9. The summed E-state index contributed by atoms with van der Waals surface area (Å²) in [6.07, 6.45) is -5.06. The van der Waals surface area contributed by atoms with Gasteiger partial charge in [0.15, 0.2) is 11.6 Å². The number of rotatable bonds is 12. The summed E-state index contributed by atoms with van der Waals surface area (Å²) >= 11 is 0.636. The summed E-state index contributed by atoms with van der Waals surface area (Å²) < 4.78 is 113. The zero-order valence-corrected chi connectivity index (χ0v) is 24.6. The van der Waals surface area contributed by atoms with Crippen LogP contribution in [-0.4, -0.2) is 65.8 Å². The molecule has 47 heavy (non-hydrogen) atoms. The average molecular weight is 700 g/mol. The van der Waals surface area contributed by atoms with E-state index in [1.54, 1.807) is 5.32 Å². The van der Waals surface area contributed by atoms with Crippen LogP contribution in [0.25, 0.3) is 0 Å². The van der Waals surface area contributed by atoms with Crippen LogP contribution in [0.4, 0.5) is 46.6 Å². The van der Waals surface area contributed by atoms with E-state index in [9.17, 15) is 54.8 Å². The summed E-state index contributed by atoms with van der Waals surface area (Å²) in [5, 5.41) is 32.8. The Morgan fingerprint density at radius 1 is 1.15 bits per heavy atom. The molecule has 3 rings (SSSR count). The second-order valence-corrected chi connectivity index (χ2v) is 9.38. The zero-order valence-electron chi connectivity index (χ0n) is 23.8. The molecule has 0 fully saturated rings. The van der Waals surface area contributed by atoms with Crippen LogP contribution < -0.4 is 5.32 Å². The number of nitrogens with zero attached hydrogens (tertiary/aromatic N) is 6. The number of ether oxygens (including phenoxy) is 1. The van der Waals surface area contributed by atoms with Gasteiger partial charge in [0.2, 0.25) is 5.16 Å². The van der Waals surface area contributed by atoms with Crippen LogP contribution in [0.5, 0.6) is 0 Å². The normalized spacial score (nSPS) is 11.9. The van der Waals surface area contributed by atoms with E-state index in [1.807, 2.05) is 13.8 Å². The Morgan fingerprint density at radius 3 is 2.38 bits per heavy atom. The number of allylic oxidation sites excluding steroid dienone is 1. The number of amides is 1. The van der Waals surface area contributed by atoms with Crippen LogP contribution in [0, 0.1) is 15.9 Å². The molecular formula is C25H21F8N7O6S. The molecule has 3 aromatic rings. The maximum absolute atomic E-state index is 14.5. The molecule has 2 N–H and O–H groups in total. The molecule has 0 radical (unpaired) electrons. The van der Waals surface area contributed by atoms with Crippen LogP contribution in [0.2, 0.25) is 0 Å². The third-order valence-corrected chi connectivity index (χ3v) is 6.32. The number of aliphatic hydroxyl groups excluding tert-OH is 1. The van der Waals surface area contributed by atoms with Gasteiger partial charge < -0.3 is 15.2 Å². The average Bonchev–Trinajstić information content (AvgIpc) is 3.43. The van der Waals surface area contributed by atoms with E-state index in [0.717, 1.165) is 35.0 Å². The van der Waals surface area contributed by atoms with Crippen molar-refractivity contribution in [1.29, 1.82) is 0 Å². The molecule has 0 spiro atoms. The highest BCUT2D eigenvalue weighted by molar-refractivity contribution is 7.99. The molecule has 1 amide bonds. The summed E-state index contributed by atoms with van der Waals surface area (Å²) in [5.41, 5.74) is -3.35. The van der Waals surface area contributed by atoms with Crippen molar-refractivity contribution in [1.82, 2.24) is 25.2 Å². The molecular weight excluding hydrogens is 678 g/mol. The largest absolute Gasteiger partial charge is 0.509 e. The standard InChI is InChI=1S/C23H15F8N7O6S.C2H6/c1-11(39)2-5-17(40)44-7-6-37-20(34-35-36-37)45-16-4-3-13(38(42)43)9-14(16)19(41)33-18-15(24)8-12(10-32-18)21(25,26)22(27,28)23(29,30)31;1-2/h2-5,8-10,39H,1,6-7H2,(H,32,33,41);1-2H3/b5-2+;. The number of anilines is 1. The molecule has 13 nitrogen and oxygen atoms in total. The first-order chi connectivity index (χ1) is 21.8. The predicted octanol–water partition coefficient (Wildman–Crippen LogP) is 6.01. The van der Waals surface area contributed by atoms with Crippen LogP contribution in [0.1, 0.15) is 29.8 Å². The van der Waals surface area contributed by atoms with Crippen LogP contribution >= 0.6 is 11.8 Å². The second-order valence-electron chi connectivity index (χ2n) is 8.37. The molecule has 0 saturated carbocycles. The molecule has 0 atom stereocenters. The predicted molar refractivity (Wildman–Crippen MR) is 145 cm³/mol. The molecule has 0 saturated heterocycles. The van der Waals surface area contributed by atoms with Gasteiger partial charge >= 0.3 is 24.0 Å². The number of carbonyl (C=O) groups excluding carboxylic acids is 2. The fourth-order valence-corrected chi connectivity index (χ4v) is 3.99. The van der Waals surface area contributed by atoms with E-state index >= 15 is 0 Å². The van der Waals surface area contributed by atoms with Crippen molar-refractivity contribution in [2.24, 2.45) is 0 Å². The lowest BCUT2D eigenvalue weighted by Gasteiger charge is -2.28. The molecule has 254 valence electrons. The Morgan fingerprint density at radius 2 is 1.81 bits per heavy atom. The van der Waals surface area contributed by atoms with Crippen molar-refractivity contribution in [3.8, 4) is 0 Å². The van der Waals surface area contributed by atoms with E-state index in [4.69, 9.17) is 9.84 Å². The Labute approximate surface area is 262 Å². The minimum atomic E-state index is -6.70. The number of aliphatic hydroxyl groups is 1. The third kappa shape index (κ3) is 9.20. The van der Waals surface area contributed by atoms with Crippen molar-refractivity contribution >= 4 is 35.1 Å². The molecule has 0 aliphatic carbocycles. The molecule has 2 aromatic heterocycles. The summed E-state index contributed by atoms with van der Waals surface area (Å²) in [6.45, 7) is 6.70. The maximum atomic E-state index is 14.5. The van der Waals surface area contributed by atoms with Gasteiger partial charge in [0.1, 0.15) is 12.4 Å². The number of nitrogens with one attached hydrogen (secondary N) is 1. The number of hydrogen-bond donors (Lipinski definition) is 2. The molecule has 22 heteroatoms. The number of esters is 1. The van der Waals surface area contributed by atoms with Crippen molar-refractivity contribution in [2.45, 2.75) is 48.5 Å². The number of nitro benzene ring substituents is 1. The first-order valence-electron chi connectivity index (χ1n) is 12.6. The number of nitro groups is 1. The first-order valence-corrected chi connectivity index (χ1v) is 13.4. The lowest BCUT2D eigenvalue weighted by atomic mass is 10.0. The van der Waals surface area contributed by atoms with Crippen LogP contribution in [0.15, 0.2) is 65.0 Å². The smallest absolute Gasteiger partial charge is 0.460 e. The summed E-state index contributed by atoms with van der Waals surface area (Å²) in [5.74, 6) is -18.3. The highest BCUT2D eigenvalue weighted by atomic mass is 32.2. The van der Waals surface area contributed by atoms with Crippen molar-refractivity contribution in [3.63, 3.8) is 0 Å². The minimum Gasteiger partial charge on any atom is -0.509 e. The Bertz CT molecular complexity index is 1670. The number of tetrazole rings is 1. The Hall–Kier alpha value is -5.15. The number of aromatic nitrogens is 5. The Balaban J connectivity index is 0.00000376. The second kappa shape index (κ2) is 15.4. The van der Waals surface area contributed by atoms with Crippen molar-refractivity contribution in [3.05, 3.63) is 82.0 Å². The van der Waals surface area contributed by atoms with Gasteiger partial charge in [-0.25, -0.2) is 18.9 Å². The van der Waals surface area contributed by atoms with Crippen LogP contribution in [0.3, 0.4) is 0 Å². The molecule has 0 aliphatic heterocycles. The SMILES string of the molecule is C=C(O)/C=C/C(=O)OCCn1nnnc1Sc1ccc([N+](=O)[O-])cc1C(=O)Nc1ncc(C(F)(F)C(F)(F)C(F)(F)F)cc1F.CC. The number of halogens is 8. The number of benzene rings is 1. The Kier molecular flexibility index (Phi) is 12.5. The molecule has 2 heterocycles. The zero-order chi connectivity index (χ0) is 35.7. The van der Waals surface area contributed by atoms with Gasteiger partial charge in [-0.2, -0.15) is 30.7 Å². The lowest BCUT2D eigenvalue weighted by Crippen LogP contribution is -2.50. The maximum Gasteiger partial charge on any atom is 0.460 e. The van der Waals surface area contributed by atoms with Gasteiger partial charge in [0.05, 0.1) is 17.0 Å². The molecule has 0 bridgehead atoms. The topological polar surface area (TPSA) is 175 Å². The summed E-state index contributed by atoms with van der Waals surface area (Å²) in [7, 11) is 0. The van der Waals surface area contributed by atoms with E-state index in [1.165, 1.54) is 0 Å². The van der Waals surface area contributed by atoms with E-state index in [-0.39, 0.29) is 35.5 Å². The highest BCUT2D eigenvalue weighted by Gasteiger charge is 2.73. The monoisotopic (exact) mass is 699 g/mol. The molecule has 0 aliphatic rings.